The molecular formula is C21H23N7O3. The van der Waals surface area contributed by atoms with Crippen molar-refractivity contribution < 1.29 is 9.72 Å². The van der Waals surface area contributed by atoms with Gasteiger partial charge in [0.25, 0.3) is 5.69 Å². The van der Waals surface area contributed by atoms with Crippen LogP contribution in [0, 0.1) is 10.1 Å². The molecule has 3 aromatic rings. The maximum atomic E-state index is 12.8. The van der Waals surface area contributed by atoms with Gasteiger partial charge in [0.15, 0.2) is 11.6 Å². The molecule has 3 heterocycles. The number of benzene rings is 1. The number of H-pyrrole nitrogens is 1. The van der Waals surface area contributed by atoms with Crippen molar-refractivity contribution in [3.05, 3.63) is 64.6 Å². The lowest BCUT2D eigenvalue weighted by molar-refractivity contribution is -0.384. The number of anilines is 1. The normalized spacial score (nSPS) is 16.9. The number of aromatic nitrogens is 4. The van der Waals surface area contributed by atoms with Gasteiger partial charge in [-0.05, 0) is 19.1 Å². The van der Waals surface area contributed by atoms with Gasteiger partial charge in [-0.3, -0.25) is 24.9 Å². The number of Topliss-reactive ketones (excluding diaryl/α,β-unsaturated/α-hetero) is 1. The minimum Gasteiger partial charge on any atom is -0.366 e. The third kappa shape index (κ3) is 4.58. The first-order chi connectivity index (χ1) is 15.0. The maximum Gasteiger partial charge on any atom is 0.271 e. The molecule has 31 heavy (non-hydrogen) atoms. The third-order valence-electron chi connectivity index (χ3n) is 5.47. The highest BCUT2D eigenvalue weighted by Crippen LogP contribution is 2.25. The zero-order valence-corrected chi connectivity index (χ0v) is 17.1. The Balaban J connectivity index is 1.35. The molecule has 1 fully saturated rings. The smallest absolute Gasteiger partial charge is 0.271 e. The summed E-state index contributed by atoms with van der Waals surface area (Å²) in [6, 6.07) is 8.62. The Hall–Kier alpha value is -3.66. The monoisotopic (exact) mass is 421 g/mol. The fourth-order valence-electron chi connectivity index (χ4n) is 3.90. The van der Waals surface area contributed by atoms with E-state index in [1.807, 2.05) is 6.07 Å². The second kappa shape index (κ2) is 9.00. The molecule has 1 aliphatic rings. The van der Waals surface area contributed by atoms with Gasteiger partial charge >= 0.3 is 0 Å². The number of nitrogens with zero attached hydrogens (tertiary/aromatic N) is 6. The minimum atomic E-state index is -0.374. The lowest BCUT2D eigenvalue weighted by Gasteiger charge is -2.41. The number of hydrogen-bond acceptors (Lipinski definition) is 8. The van der Waals surface area contributed by atoms with E-state index < -0.39 is 0 Å². The van der Waals surface area contributed by atoms with Crippen LogP contribution in [0.2, 0.25) is 0 Å². The van der Waals surface area contributed by atoms with Crippen molar-refractivity contribution in [2.45, 2.75) is 19.4 Å². The van der Waals surface area contributed by atoms with Crippen molar-refractivity contribution in [2.24, 2.45) is 0 Å². The molecule has 1 atom stereocenters. The first-order valence-electron chi connectivity index (χ1n) is 10.1. The second-order valence-corrected chi connectivity index (χ2v) is 7.52. The predicted molar refractivity (Wildman–Crippen MR) is 115 cm³/mol. The minimum absolute atomic E-state index is 0.00929. The van der Waals surface area contributed by atoms with Gasteiger partial charge in [0, 0.05) is 68.9 Å². The fraction of sp³-hybridized carbons (Fsp3) is 0.333. The number of hydrogen-bond donors (Lipinski definition) is 1. The van der Waals surface area contributed by atoms with Crippen molar-refractivity contribution in [1.82, 2.24) is 25.1 Å². The Morgan fingerprint density at radius 3 is 2.81 bits per heavy atom. The van der Waals surface area contributed by atoms with Gasteiger partial charge in [0.1, 0.15) is 5.69 Å². The van der Waals surface area contributed by atoms with Gasteiger partial charge in [-0.25, -0.2) is 9.97 Å². The quantitative estimate of drug-likeness (QED) is 0.351. The standard InChI is InChI=1S/C21H23N7O3/c1-15-14-26(10-11-27(15)16-4-2-5-17(12-16)28(30)31)9-6-19(29)18-13-24-25-20(18)21-22-7-3-8-23-21/h2-5,7-8,12-13,15H,6,9-11,14H2,1H3,(H,24,25). The number of nitro groups is 1. The molecule has 0 radical (unpaired) electrons. The molecule has 10 nitrogen and oxygen atoms in total. The number of ketones is 1. The third-order valence-corrected chi connectivity index (χ3v) is 5.47. The number of aromatic amines is 1. The SMILES string of the molecule is CC1CN(CCC(=O)c2cn[nH]c2-c2ncccn2)CCN1c1cccc([N+](=O)[O-])c1. The molecule has 4 rings (SSSR count). The number of piperazine rings is 1. The van der Waals surface area contributed by atoms with Crippen LogP contribution in [0.15, 0.2) is 48.9 Å². The summed E-state index contributed by atoms with van der Waals surface area (Å²) < 4.78 is 0. The van der Waals surface area contributed by atoms with E-state index in [2.05, 4.69) is 36.9 Å². The molecule has 0 amide bonds. The van der Waals surface area contributed by atoms with Crippen LogP contribution in [0.25, 0.3) is 11.5 Å². The van der Waals surface area contributed by atoms with Gasteiger partial charge in [-0.1, -0.05) is 6.07 Å². The van der Waals surface area contributed by atoms with Crippen LogP contribution in [-0.4, -0.2) is 68.0 Å². The highest BCUT2D eigenvalue weighted by molar-refractivity contribution is 6.00. The molecule has 160 valence electrons. The van der Waals surface area contributed by atoms with E-state index in [-0.39, 0.29) is 22.4 Å². The number of rotatable bonds is 7. The maximum absolute atomic E-state index is 12.8. The van der Waals surface area contributed by atoms with Gasteiger partial charge in [-0.15, -0.1) is 0 Å². The highest BCUT2D eigenvalue weighted by atomic mass is 16.6. The first-order valence-corrected chi connectivity index (χ1v) is 10.1. The lowest BCUT2D eigenvalue weighted by Crippen LogP contribution is -2.52. The van der Waals surface area contributed by atoms with E-state index in [1.54, 1.807) is 30.6 Å². The van der Waals surface area contributed by atoms with E-state index >= 15 is 0 Å². The van der Waals surface area contributed by atoms with Crippen molar-refractivity contribution >= 4 is 17.2 Å². The van der Waals surface area contributed by atoms with Crippen LogP contribution in [-0.2, 0) is 0 Å². The Kier molecular flexibility index (Phi) is 5.99. The molecule has 0 saturated carbocycles. The van der Waals surface area contributed by atoms with Gasteiger partial charge < -0.3 is 4.90 Å². The number of carbonyl (C=O) groups excluding carboxylic acids is 1. The Bertz CT molecular complexity index is 1070. The van der Waals surface area contributed by atoms with Crippen LogP contribution >= 0.6 is 0 Å². The van der Waals surface area contributed by atoms with Crippen LogP contribution < -0.4 is 4.90 Å². The average Bonchev–Trinajstić information content (AvgIpc) is 3.28. The molecule has 1 aliphatic heterocycles. The summed E-state index contributed by atoms with van der Waals surface area (Å²) in [5.41, 5.74) is 1.98. The zero-order chi connectivity index (χ0) is 21.8. The second-order valence-electron chi connectivity index (χ2n) is 7.52. The first kappa shape index (κ1) is 20.6. The Labute approximate surface area is 179 Å². The molecule has 1 saturated heterocycles. The summed E-state index contributed by atoms with van der Waals surface area (Å²) in [5.74, 6) is 0.438. The number of nitro benzene ring substituents is 1. The van der Waals surface area contributed by atoms with Crippen molar-refractivity contribution in [3.8, 4) is 11.5 Å². The van der Waals surface area contributed by atoms with Gasteiger partial charge in [0.05, 0.1) is 16.7 Å². The molecule has 1 aromatic carbocycles. The van der Waals surface area contributed by atoms with Crippen LogP contribution in [0.1, 0.15) is 23.7 Å². The Morgan fingerprint density at radius 1 is 1.26 bits per heavy atom. The van der Waals surface area contributed by atoms with Crippen molar-refractivity contribution in [1.29, 1.82) is 0 Å². The Morgan fingerprint density at radius 2 is 2.06 bits per heavy atom. The number of nitrogens with one attached hydrogen (secondary N) is 1. The molecule has 10 heteroatoms. The summed E-state index contributed by atoms with van der Waals surface area (Å²) >= 11 is 0. The van der Waals surface area contributed by atoms with E-state index in [0.29, 0.717) is 30.0 Å². The predicted octanol–water partition coefficient (Wildman–Crippen LogP) is 2.56. The summed E-state index contributed by atoms with van der Waals surface area (Å²) in [6.07, 6.45) is 5.14. The summed E-state index contributed by atoms with van der Waals surface area (Å²) in [6.45, 7) is 5.02. The largest absolute Gasteiger partial charge is 0.366 e. The molecular weight excluding hydrogens is 398 g/mol. The summed E-state index contributed by atoms with van der Waals surface area (Å²) in [4.78, 5) is 36.3. The topological polar surface area (TPSA) is 121 Å². The number of carbonyl (C=O) groups is 1. The molecule has 0 aliphatic carbocycles. The summed E-state index contributed by atoms with van der Waals surface area (Å²) in [7, 11) is 0. The molecule has 0 spiro atoms. The van der Waals surface area contributed by atoms with Crippen LogP contribution in [0.5, 0.6) is 0 Å². The van der Waals surface area contributed by atoms with E-state index in [0.717, 1.165) is 25.3 Å². The molecule has 1 N–H and O–H groups in total. The summed E-state index contributed by atoms with van der Waals surface area (Å²) in [5, 5.41) is 17.9. The average molecular weight is 421 g/mol. The van der Waals surface area contributed by atoms with Crippen molar-refractivity contribution in [3.63, 3.8) is 0 Å². The van der Waals surface area contributed by atoms with E-state index in [1.165, 1.54) is 12.3 Å². The molecule has 0 bridgehead atoms. The molecule has 2 aromatic heterocycles. The van der Waals surface area contributed by atoms with Gasteiger partial charge in [-0.2, -0.15) is 5.10 Å². The number of non-ortho nitro benzene ring substituents is 1. The zero-order valence-electron chi connectivity index (χ0n) is 17.1. The van der Waals surface area contributed by atoms with Crippen molar-refractivity contribution in [2.75, 3.05) is 31.1 Å². The van der Waals surface area contributed by atoms with Crippen LogP contribution in [0.3, 0.4) is 0 Å². The van der Waals surface area contributed by atoms with Crippen LogP contribution in [0.4, 0.5) is 11.4 Å². The van der Waals surface area contributed by atoms with Gasteiger partial charge in [0.2, 0.25) is 0 Å². The fourth-order valence-corrected chi connectivity index (χ4v) is 3.90. The van der Waals surface area contributed by atoms with E-state index in [9.17, 15) is 14.9 Å². The highest BCUT2D eigenvalue weighted by Gasteiger charge is 2.26. The van der Waals surface area contributed by atoms with E-state index in [4.69, 9.17) is 0 Å². The lowest BCUT2D eigenvalue weighted by atomic mass is 10.1. The molecule has 1 unspecified atom stereocenters.